The summed E-state index contributed by atoms with van der Waals surface area (Å²) in [6.45, 7) is 7.15. The van der Waals surface area contributed by atoms with Gasteiger partial charge >= 0.3 is 0 Å². The maximum atomic E-state index is 6.12. The molecule has 1 atom stereocenters. The van der Waals surface area contributed by atoms with Crippen molar-refractivity contribution in [1.29, 1.82) is 0 Å². The lowest BCUT2D eigenvalue weighted by molar-refractivity contribution is 0.197. The Morgan fingerprint density at radius 3 is 2.39 bits per heavy atom. The largest absolute Gasteiger partial charge is 0.490 e. The topological polar surface area (TPSA) is 33.7 Å². The highest BCUT2D eigenvalue weighted by Crippen LogP contribution is 2.36. The summed E-state index contributed by atoms with van der Waals surface area (Å²) >= 11 is 3.65. The fraction of sp³-hybridized carbons (Fsp3) is 0.308. The number of benzene rings is 3. The minimum absolute atomic E-state index is 0.168. The first-order valence-electron chi connectivity index (χ1n) is 10.9. The fourth-order valence-electron chi connectivity index (χ4n) is 4.05. The third kappa shape index (κ3) is 5.67. The Hall–Kier alpha value is -2.34. The zero-order valence-electron chi connectivity index (χ0n) is 17.9. The van der Waals surface area contributed by atoms with Crippen molar-refractivity contribution in [3.8, 4) is 11.5 Å². The molecule has 1 aliphatic rings. The van der Waals surface area contributed by atoms with E-state index in [-0.39, 0.29) is 6.04 Å². The highest BCUT2D eigenvalue weighted by Gasteiger charge is 2.25. The van der Waals surface area contributed by atoms with Crippen LogP contribution in [0.15, 0.2) is 77.3 Å². The van der Waals surface area contributed by atoms with Gasteiger partial charge in [0.2, 0.25) is 0 Å². The molecule has 1 N–H and O–H groups in total. The standard InChI is InChI=1S/C26H29BrN2O2/c1-2-30-25-18-22(11-12-24(25)31-19-20-7-4-3-5-8-20)26(29-15-13-28-14-16-29)21-9-6-10-23(27)17-21/h3-12,17-18,26,28H,2,13-16,19H2,1H3. The zero-order valence-corrected chi connectivity index (χ0v) is 19.5. The average molecular weight is 481 g/mol. The van der Waals surface area contributed by atoms with Gasteiger partial charge in [-0.3, -0.25) is 4.90 Å². The summed E-state index contributed by atoms with van der Waals surface area (Å²) in [4.78, 5) is 2.54. The number of hydrogen-bond donors (Lipinski definition) is 1. The van der Waals surface area contributed by atoms with Crippen LogP contribution >= 0.6 is 15.9 Å². The van der Waals surface area contributed by atoms with E-state index >= 15 is 0 Å². The molecule has 5 heteroatoms. The van der Waals surface area contributed by atoms with E-state index in [1.54, 1.807) is 0 Å². The monoisotopic (exact) mass is 480 g/mol. The summed E-state index contributed by atoms with van der Waals surface area (Å²) in [5.41, 5.74) is 3.63. The SMILES string of the molecule is CCOc1cc(C(c2cccc(Br)c2)N2CCNCC2)ccc1OCc1ccccc1. The molecule has 0 aromatic heterocycles. The van der Waals surface area contributed by atoms with Crippen molar-refractivity contribution in [3.05, 3.63) is 94.0 Å². The molecule has 1 aliphatic heterocycles. The minimum atomic E-state index is 0.168. The van der Waals surface area contributed by atoms with Crippen LogP contribution in [0.2, 0.25) is 0 Å². The second-order valence-electron chi connectivity index (χ2n) is 7.66. The van der Waals surface area contributed by atoms with E-state index in [9.17, 15) is 0 Å². The lowest BCUT2D eigenvalue weighted by Gasteiger charge is -2.36. The molecule has 0 bridgehead atoms. The van der Waals surface area contributed by atoms with Gasteiger partial charge in [0, 0.05) is 30.7 Å². The second-order valence-corrected chi connectivity index (χ2v) is 8.57. The van der Waals surface area contributed by atoms with Crippen LogP contribution in [0, 0.1) is 0 Å². The van der Waals surface area contributed by atoms with Crippen LogP contribution in [0.25, 0.3) is 0 Å². The lowest BCUT2D eigenvalue weighted by Crippen LogP contribution is -2.45. The predicted octanol–water partition coefficient (Wildman–Crippen LogP) is 5.42. The van der Waals surface area contributed by atoms with E-state index in [1.165, 1.54) is 11.1 Å². The molecule has 1 heterocycles. The zero-order chi connectivity index (χ0) is 21.5. The number of nitrogens with zero attached hydrogens (tertiary/aromatic N) is 1. The first-order chi connectivity index (χ1) is 15.2. The molecule has 4 nitrogen and oxygen atoms in total. The van der Waals surface area contributed by atoms with Crippen LogP contribution in [-0.2, 0) is 6.61 Å². The van der Waals surface area contributed by atoms with Gasteiger partial charge in [-0.1, -0.05) is 64.5 Å². The van der Waals surface area contributed by atoms with Crippen LogP contribution < -0.4 is 14.8 Å². The number of halogens is 1. The molecule has 0 saturated carbocycles. The summed E-state index contributed by atoms with van der Waals surface area (Å²) in [6, 6.07) is 25.4. The molecule has 1 saturated heterocycles. The molecule has 0 spiro atoms. The van der Waals surface area contributed by atoms with Gasteiger partial charge in [-0.05, 0) is 47.9 Å². The third-order valence-electron chi connectivity index (χ3n) is 5.50. The van der Waals surface area contributed by atoms with Crippen molar-refractivity contribution in [2.75, 3.05) is 32.8 Å². The molecule has 31 heavy (non-hydrogen) atoms. The van der Waals surface area contributed by atoms with Gasteiger partial charge in [0.1, 0.15) is 6.61 Å². The summed E-state index contributed by atoms with van der Waals surface area (Å²) < 4.78 is 13.2. The van der Waals surface area contributed by atoms with Gasteiger partial charge in [0.05, 0.1) is 12.6 Å². The molecule has 1 unspecified atom stereocenters. The smallest absolute Gasteiger partial charge is 0.161 e. The molecule has 1 fully saturated rings. The van der Waals surface area contributed by atoms with Crippen LogP contribution in [0.4, 0.5) is 0 Å². The minimum Gasteiger partial charge on any atom is -0.490 e. The number of nitrogens with one attached hydrogen (secondary N) is 1. The van der Waals surface area contributed by atoms with Gasteiger partial charge < -0.3 is 14.8 Å². The van der Waals surface area contributed by atoms with Gasteiger partial charge in [0.15, 0.2) is 11.5 Å². The second kappa shape index (κ2) is 10.8. The van der Waals surface area contributed by atoms with Crippen LogP contribution in [-0.4, -0.2) is 37.7 Å². The van der Waals surface area contributed by atoms with Crippen molar-refractivity contribution in [2.45, 2.75) is 19.6 Å². The quantitative estimate of drug-likeness (QED) is 0.466. The number of ether oxygens (including phenoxy) is 2. The maximum absolute atomic E-state index is 6.12. The van der Waals surface area contributed by atoms with Crippen LogP contribution in [0.3, 0.4) is 0 Å². The van der Waals surface area contributed by atoms with Crippen molar-refractivity contribution in [1.82, 2.24) is 10.2 Å². The van der Waals surface area contributed by atoms with E-state index in [0.717, 1.165) is 47.7 Å². The number of piperazine rings is 1. The van der Waals surface area contributed by atoms with Gasteiger partial charge in [-0.2, -0.15) is 0 Å². The van der Waals surface area contributed by atoms with Crippen LogP contribution in [0.5, 0.6) is 11.5 Å². The van der Waals surface area contributed by atoms with E-state index in [0.29, 0.717) is 13.2 Å². The Kier molecular flexibility index (Phi) is 7.62. The van der Waals surface area contributed by atoms with Gasteiger partial charge in [-0.25, -0.2) is 0 Å². The van der Waals surface area contributed by atoms with E-state index in [1.807, 2.05) is 25.1 Å². The van der Waals surface area contributed by atoms with E-state index in [2.05, 4.69) is 80.7 Å². The summed E-state index contributed by atoms with van der Waals surface area (Å²) in [6.07, 6.45) is 0. The van der Waals surface area contributed by atoms with E-state index < -0.39 is 0 Å². The third-order valence-corrected chi connectivity index (χ3v) is 5.99. The summed E-state index contributed by atoms with van der Waals surface area (Å²) in [5, 5.41) is 3.46. The first-order valence-corrected chi connectivity index (χ1v) is 11.7. The average Bonchev–Trinajstić information content (AvgIpc) is 2.80. The first kappa shape index (κ1) is 21.9. The molecule has 3 aromatic carbocycles. The van der Waals surface area contributed by atoms with Crippen LogP contribution in [0.1, 0.15) is 29.7 Å². The molecular formula is C26H29BrN2O2. The maximum Gasteiger partial charge on any atom is 0.161 e. The molecular weight excluding hydrogens is 452 g/mol. The molecule has 0 radical (unpaired) electrons. The van der Waals surface area contributed by atoms with Gasteiger partial charge in [-0.15, -0.1) is 0 Å². The van der Waals surface area contributed by atoms with Crippen molar-refractivity contribution < 1.29 is 9.47 Å². The fourth-order valence-corrected chi connectivity index (χ4v) is 4.47. The number of hydrogen-bond acceptors (Lipinski definition) is 4. The Morgan fingerprint density at radius 2 is 1.65 bits per heavy atom. The van der Waals surface area contributed by atoms with Gasteiger partial charge in [0.25, 0.3) is 0 Å². The summed E-state index contributed by atoms with van der Waals surface area (Å²) in [5.74, 6) is 1.58. The highest BCUT2D eigenvalue weighted by molar-refractivity contribution is 9.10. The Labute approximate surface area is 193 Å². The normalized spacial score (nSPS) is 15.4. The van der Waals surface area contributed by atoms with E-state index in [4.69, 9.17) is 9.47 Å². The molecule has 3 aromatic rings. The molecule has 4 rings (SSSR count). The Morgan fingerprint density at radius 1 is 0.871 bits per heavy atom. The lowest BCUT2D eigenvalue weighted by atomic mass is 9.96. The van der Waals surface area contributed by atoms with Crippen molar-refractivity contribution in [2.24, 2.45) is 0 Å². The molecule has 162 valence electrons. The Balaban J connectivity index is 1.65. The number of rotatable bonds is 8. The predicted molar refractivity (Wildman–Crippen MR) is 129 cm³/mol. The van der Waals surface area contributed by atoms with Crippen molar-refractivity contribution in [3.63, 3.8) is 0 Å². The Bertz CT molecular complexity index is 974. The summed E-state index contributed by atoms with van der Waals surface area (Å²) in [7, 11) is 0. The molecule has 0 amide bonds. The highest BCUT2D eigenvalue weighted by atomic mass is 79.9. The molecule has 0 aliphatic carbocycles. The van der Waals surface area contributed by atoms with Crippen molar-refractivity contribution >= 4 is 15.9 Å².